The van der Waals surface area contributed by atoms with E-state index in [1.807, 2.05) is 18.2 Å². The number of hydrogen-bond donors (Lipinski definition) is 2. The molecule has 0 bridgehead atoms. The maximum absolute atomic E-state index is 11.0. The molecule has 0 spiro atoms. The minimum atomic E-state index is 0.0619. The van der Waals surface area contributed by atoms with E-state index in [0.29, 0.717) is 23.3 Å². The van der Waals surface area contributed by atoms with Gasteiger partial charge in [-0.15, -0.1) is 0 Å². The van der Waals surface area contributed by atoms with E-state index in [4.69, 9.17) is 9.15 Å². The fourth-order valence-electron chi connectivity index (χ4n) is 3.67. The predicted molar refractivity (Wildman–Crippen MR) is 110 cm³/mol. The van der Waals surface area contributed by atoms with Crippen molar-refractivity contribution in [1.29, 1.82) is 0 Å². The molecule has 1 unspecified atom stereocenters. The second kappa shape index (κ2) is 7.27. The van der Waals surface area contributed by atoms with Gasteiger partial charge in [-0.1, -0.05) is 41.4 Å². The van der Waals surface area contributed by atoms with Crippen LogP contribution in [0.5, 0.6) is 11.5 Å². The molecule has 0 amide bonds. The summed E-state index contributed by atoms with van der Waals surface area (Å²) in [7, 11) is 1.61. The van der Waals surface area contributed by atoms with Crippen LogP contribution >= 0.6 is 15.9 Å². The Kier molecular flexibility index (Phi) is 4.83. The Morgan fingerprint density at radius 2 is 2.07 bits per heavy atom. The normalized spacial score (nSPS) is 16.4. The van der Waals surface area contributed by atoms with Crippen molar-refractivity contribution in [1.82, 2.24) is 5.43 Å². The number of aromatic hydroxyl groups is 1. The first kappa shape index (κ1) is 17.9. The van der Waals surface area contributed by atoms with Gasteiger partial charge in [-0.25, -0.2) is 0 Å². The molecule has 0 fully saturated rings. The van der Waals surface area contributed by atoms with Crippen LogP contribution in [-0.2, 0) is 6.42 Å². The van der Waals surface area contributed by atoms with Crippen molar-refractivity contribution in [2.24, 2.45) is 5.10 Å². The molecule has 2 aromatic carbocycles. The molecule has 0 saturated carbocycles. The van der Waals surface area contributed by atoms with E-state index in [0.717, 1.165) is 39.5 Å². The Balaban J connectivity index is 1.77. The van der Waals surface area contributed by atoms with Crippen molar-refractivity contribution in [3.63, 3.8) is 0 Å². The highest BCUT2D eigenvalue weighted by atomic mass is 79.9. The third-order valence-corrected chi connectivity index (χ3v) is 5.48. The SMILES string of the molecule is CCCc1c(O)c(C2=NNC(c3ccc(Br)cc3)C2)c(OC)c2ccoc12. The third-order valence-electron chi connectivity index (χ3n) is 4.95. The Morgan fingerprint density at radius 1 is 1.30 bits per heavy atom. The van der Waals surface area contributed by atoms with E-state index in [9.17, 15) is 5.11 Å². The number of benzene rings is 2. The zero-order chi connectivity index (χ0) is 19.0. The quantitative estimate of drug-likeness (QED) is 0.578. The van der Waals surface area contributed by atoms with Crippen molar-refractivity contribution in [2.45, 2.75) is 32.2 Å². The van der Waals surface area contributed by atoms with E-state index < -0.39 is 0 Å². The molecule has 6 heteroatoms. The van der Waals surface area contributed by atoms with Crippen LogP contribution in [0.1, 0.15) is 42.5 Å². The molecule has 3 aromatic rings. The van der Waals surface area contributed by atoms with Gasteiger partial charge < -0.3 is 19.7 Å². The Labute approximate surface area is 166 Å². The van der Waals surface area contributed by atoms with E-state index >= 15 is 0 Å². The van der Waals surface area contributed by atoms with E-state index in [-0.39, 0.29) is 11.8 Å². The van der Waals surface area contributed by atoms with Crippen LogP contribution in [0.25, 0.3) is 11.0 Å². The standard InChI is InChI=1S/C21H21BrN2O3/c1-3-4-14-19(25)18(21(26-2)15-9-10-27-20(14)15)17-11-16(23-24-17)12-5-7-13(22)8-6-12/h5-10,16,23,25H,3-4,11H2,1-2H3. The lowest BCUT2D eigenvalue weighted by Gasteiger charge is -2.16. The summed E-state index contributed by atoms with van der Waals surface area (Å²) in [4.78, 5) is 0. The second-order valence-corrected chi connectivity index (χ2v) is 7.56. The zero-order valence-corrected chi connectivity index (χ0v) is 16.8. The first-order chi connectivity index (χ1) is 13.1. The molecule has 0 radical (unpaired) electrons. The smallest absolute Gasteiger partial charge is 0.144 e. The first-order valence-electron chi connectivity index (χ1n) is 9.01. The van der Waals surface area contributed by atoms with Crippen molar-refractivity contribution in [2.75, 3.05) is 7.11 Å². The van der Waals surface area contributed by atoms with Crippen molar-refractivity contribution in [3.05, 3.63) is 57.8 Å². The zero-order valence-electron chi connectivity index (χ0n) is 15.3. The molecule has 27 heavy (non-hydrogen) atoms. The molecule has 1 aliphatic rings. The van der Waals surface area contributed by atoms with Crippen LogP contribution in [0.15, 0.2) is 50.6 Å². The van der Waals surface area contributed by atoms with Crippen LogP contribution in [-0.4, -0.2) is 17.9 Å². The average Bonchev–Trinajstić information content (AvgIpc) is 3.34. The van der Waals surface area contributed by atoms with Crippen LogP contribution in [0, 0.1) is 0 Å². The molecular formula is C21H21BrN2O3. The summed E-state index contributed by atoms with van der Waals surface area (Å²) in [6.07, 6.45) is 3.93. The molecule has 140 valence electrons. The molecule has 2 N–H and O–H groups in total. The van der Waals surface area contributed by atoms with Gasteiger partial charge in [-0.05, 0) is 30.2 Å². The first-order valence-corrected chi connectivity index (χ1v) is 9.80. The van der Waals surface area contributed by atoms with Gasteiger partial charge in [0.15, 0.2) is 0 Å². The molecule has 1 aliphatic heterocycles. The lowest BCUT2D eigenvalue weighted by Crippen LogP contribution is -2.10. The number of phenols is 1. The number of hydrazone groups is 1. The predicted octanol–water partition coefficient (Wildman–Crippen LogP) is 5.30. The van der Waals surface area contributed by atoms with Gasteiger partial charge in [0.05, 0.1) is 36.1 Å². The number of nitrogens with one attached hydrogen (secondary N) is 1. The molecule has 2 heterocycles. The van der Waals surface area contributed by atoms with Gasteiger partial charge in [0.2, 0.25) is 0 Å². The monoisotopic (exact) mass is 428 g/mol. The van der Waals surface area contributed by atoms with Gasteiger partial charge in [0, 0.05) is 16.5 Å². The highest BCUT2D eigenvalue weighted by molar-refractivity contribution is 9.10. The Morgan fingerprint density at radius 3 is 2.78 bits per heavy atom. The molecular weight excluding hydrogens is 408 g/mol. The van der Waals surface area contributed by atoms with Crippen LogP contribution < -0.4 is 10.2 Å². The minimum Gasteiger partial charge on any atom is -0.507 e. The Bertz CT molecular complexity index is 1010. The number of furan rings is 1. The van der Waals surface area contributed by atoms with Gasteiger partial charge >= 0.3 is 0 Å². The molecule has 0 aliphatic carbocycles. The number of rotatable bonds is 5. The maximum atomic E-state index is 11.0. The Hall–Kier alpha value is -2.47. The summed E-state index contributed by atoms with van der Waals surface area (Å²) in [5, 5.41) is 16.4. The largest absolute Gasteiger partial charge is 0.507 e. The second-order valence-electron chi connectivity index (χ2n) is 6.64. The molecule has 4 rings (SSSR count). The molecule has 1 aromatic heterocycles. The van der Waals surface area contributed by atoms with Gasteiger partial charge in [-0.2, -0.15) is 5.10 Å². The molecule has 1 atom stereocenters. The lowest BCUT2D eigenvalue weighted by atomic mass is 9.93. The van der Waals surface area contributed by atoms with E-state index in [1.165, 1.54) is 0 Å². The summed E-state index contributed by atoms with van der Waals surface area (Å²) in [5.74, 6) is 0.807. The highest BCUT2D eigenvalue weighted by Gasteiger charge is 2.29. The number of halogens is 1. The van der Waals surface area contributed by atoms with E-state index in [2.05, 4.69) is 45.5 Å². The number of methoxy groups -OCH3 is 1. The van der Waals surface area contributed by atoms with Crippen LogP contribution in [0.2, 0.25) is 0 Å². The minimum absolute atomic E-state index is 0.0619. The average molecular weight is 429 g/mol. The highest BCUT2D eigenvalue weighted by Crippen LogP contribution is 2.43. The van der Waals surface area contributed by atoms with Gasteiger partial charge in [-0.3, -0.25) is 0 Å². The maximum Gasteiger partial charge on any atom is 0.144 e. The van der Waals surface area contributed by atoms with Crippen LogP contribution in [0.4, 0.5) is 0 Å². The van der Waals surface area contributed by atoms with Crippen molar-refractivity contribution in [3.8, 4) is 11.5 Å². The number of nitrogens with zero attached hydrogens (tertiary/aromatic N) is 1. The van der Waals surface area contributed by atoms with Crippen molar-refractivity contribution < 1.29 is 14.3 Å². The van der Waals surface area contributed by atoms with Gasteiger partial charge in [0.1, 0.15) is 17.1 Å². The summed E-state index contributed by atoms with van der Waals surface area (Å²) in [5.41, 5.74) is 7.28. The lowest BCUT2D eigenvalue weighted by molar-refractivity contribution is 0.409. The molecule has 5 nitrogen and oxygen atoms in total. The number of phenolic OH excluding ortho intramolecular Hbond substituents is 1. The summed E-state index contributed by atoms with van der Waals surface area (Å²) >= 11 is 3.47. The fourth-order valence-corrected chi connectivity index (χ4v) is 3.93. The summed E-state index contributed by atoms with van der Waals surface area (Å²) in [6.45, 7) is 2.08. The van der Waals surface area contributed by atoms with Crippen molar-refractivity contribution >= 4 is 32.6 Å². The van der Waals surface area contributed by atoms with E-state index in [1.54, 1.807) is 13.4 Å². The number of ether oxygens (including phenoxy) is 1. The molecule has 0 saturated heterocycles. The fraction of sp³-hybridized carbons (Fsp3) is 0.286. The van der Waals surface area contributed by atoms with Gasteiger partial charge in [0.25, 0.3) is 0 Å². The number of hydrogen-bond acceptors (Lipinski definition) is 5. The number of fused-ring (bicyclic) bond motifs is 1. The summed E-state index contributed by atoms with van der Waals surface area (Å²) < 4.78 is 12.4. The number of aryl methyl sites for hydroxylation is 1. The summed E-state index contributed by atoms with van der Waals surface area (Å²) in [6, 6.07) is 10.1. The topological polar surface area (TPSA) is 67.0 Å². The third kappa shape index (κ3) is 3.08. The van der Waals surface area contributed by atoms with Crippen LogP contribution in [0.3, 0.4) is 0 Å².